The molecule has 1 rings (SSSR count). The van der Waals surface area contributed by atoms with Gasteiger partial charge in [-0.1, -0.05) is 52.5 Å². The first-order valence-corrected chi connectivity index (χ1v) is 4.54. The first-order valence-electron chi connectivity index (χ1n) is 3.03. The first kappa shape index (κ1) is 10.3. The van der Waals surface area contributed by atoms with Crippen molar-refractivity contribution in [3.63, 3.8) is 0 Å². The second-order valence-corrected chi connectivity index (χ2v) is 4.92. The molecular weight excluding hydrogens is 240 g/mol. The van der Waals surface area contributed by atoms with E-state index in [0.29, 0.717) is 16.3 Å². The van der Waals surface area contributed by atoms with Crippen molar-refractivity contribution in [2.24, 2.45) is 0 Å². The van der Waals surface area contributed by atoms with E-state index < -0.39 is 3.79 Å². The topological polar surface area (TPSA) is 26.0 Å². The zero-order valence-electron chi connectivity index (χ0n) is 5.82. The Hall–Kier alpha value is 0.180. The Morgan fingerprint density at radius 1 is 1.17 bits per heavy atom. The predicted octanol–water partition coefficient (Wildman–Crippen LogP) is 3.75. The van der Waals surface area contributed by atoms with Gasteiger partial charge in [0, 0.05) is 5.56 Å². The Morgan fingerprint density at radius 2 is 1.75 bits per heavy atom. The van der Waals surface area contributed by atoms with E-state index >= 15 is 0 Å². The molecule has 1 aromatic carbocycles. The predicted molar refractivity (Wildman–Crippen MR) is 55.1 cm³/mol. The molecule has 0 aliphatic carbocycles. The van der Waals surface area contributed by atoms with Gasteiger partial charge in [-0.05, 0) is 12.1 Å². The molecule has 5 heteroatoms. The zero-order valence-corrected chi connectivity index (χ0v) is 8.84. The van der Waals surface area contributed by atoms with E-state index in [0.717, 1.165) is 0 Å². The van der Waals surface area contributed by atoms with Crippen LogP contribution in [0.4, 0.5) is 5.69 Å². The highest BCUT2D eigenvalue weighted by Gasteiger charge is 2.22. The van der Waals surface area contributed by atoms with Crippen LogP contribution in [-0.2, 0) is 3.79 Å². The van der Waals surface area contributed by atoms with Crippen LogP contribution < -0.4 is 5.73 Å². The highest BCUT2D eigenvalue weighted by atomic mass is 35.6. The number of anilines is 1. The van der Waals surface area contributed by atoms with Crippen LogP contribution in [0.1, 0.15) is 5.56 Å². The molecule has 0 unspecified atom stereocenters. The number of alkyl halides is 3. The van der Waals surface area contributed by atoms with Crippen LogP contribution >= 0.6 is 46.4 Å². The molecule has 0 aliphatic rings. The van der Waals surface area contributed by atoms with Gasteiger partial charge in [0.1, 0.15) is 0 Å². The quantitative estimate of drug-likeness (QED) is 0.546. The highest BCUT2D eigenvalue weighted by Crippen LogP contribution is 2.39. The number of hydrogen-bond acceptors (Lipinski definition) is 1. The van der Waals surface area contributed by atoms with Crippen LogP contribution in [-0.4, -0.2) is 0 Å². The number of rotatable bonds is 0. The number of hydrogen-bond donors (Lipinski definition) is 1. The van der Waals surface area contributed by atoms with Gasteiger partial charge >= 0.3 is 0 Å². The largest absolute Gasteiger partial charge is 0.398 e. The van der Waals surface area contributed by atoms with Gasteiger partial charge in [0.15, 0.2) is 0 Å². The third-order valence-corrected chi connectivity index (χ3v) is 2.32. The molecule has 1 aromatic rings. The second-order valence-electron chi connectivity index (χ2n) is 2.23. The summed E-state index contributed by atoms with van der Waals surface area (Å²) in [6.07, 6.45) is 0. The van der Waals surface area contributed by atoms with E-state index in [4.69, 9.17) is 52.1 Å². The molecule has 0 fully saturated rings. The minimum absolute atomic E-state index is 0.403. The van der Waals surface area contributed by atoms with Crippen molar-refractivity contribution in [1.29, 1.82) is 0 Å². The summed E-state index contributed by atoms with van der Waals surface area (Å²) >= 11 is 22.5. The van der Waals surface area contributed by atoms with Crippen LogP contribution in [0.25, 0.3) is 0 Å². The lowest BCUT2D eigenvalue weighted by Gasteiger charge is -2.11. The molecule has 12 heavy (non-hydrogen) atoms. The smallest absolute Gasteiger partial charge is 0.216 e. The SMILES string of the molecule is Nc1cc(C(Cl)(Cl)Cl)ccc1Cl. The molecule has 0 bridgehead atoms. The van der Waals surface area contributed by atoms with Crippen molar-refractivity contribution >= 4 is 52.1 Å². The normalized spacial score (nSPS) is 11.7. The van der Waals surface area contributed by atoms with Crippen molar-refractivity contribution in [1.82, 2.24) is 0 Å². The molecule has 0 aromatic heterocycles. The fourth-order valence-corrected chi connectivity index (χ4v) is 1.19. The van der Waals surface area contributed by atoms with Crippen molar-refractivity contribution in [3.8, 4) is 0 Å². The van der Waals surface area contributed by atoms with E-state index in [1.165, 1.54) is 6.07 Å². The van der Waals surface area contributed by atoms with Gasteiger partial charge in [-0.25, -0.2) is 0 Å². The van der Waals surface area contributed by atoms with Crippen molar-refractivity contribution in [3.05, 3.63) is 28.8 Å². The monoisotopic (exact) mass is 243 g/mol. The van der Waals surface area contributed by atoms with E-state index in [9.17, 15) is 0 Å². The van der Waals surface area contributed by atoms with Gasteiger partial charge in [0.25, 0.3) is 0 Å². The van der Waals surface area contributed by atoms with Crippen molar-refractivity contribution in [2.75, 3.05) is 5.73 Å². The van der Waals surface area contributed by atoms with E-state index in [2.05, 4.69) is 0 Å². The number of benzene rings is 1. The van der Waals surface area contributed by atoms with Crippen molar-refractivity contribution < 1.29 is 0 Å². The van der Waals surface area contributed by atoms with Crippen LogP contribution in [0, 0.1) is 0 Å². The maximum absolute atomic E-state index is 5.68. The molecule has 0 aliphatic heterocycles. The Morgan fingerprint density at radius 3 is 2.17 bits per heavy atom. The van der Waals surface area contributed by atoms with Crippen LogP contribution in [0.3, 0.4) is 0 Å². The summed E-state index contributed by atoms with van der Waals surface area (Å²) in [6.45, 7) is 0. The van der Waals surface area contributed by atoms with Gasteiger partial charge in [-0.3, -0.25) is 0 Å². The van der Waals surface area contributed by atoms with Crippen LogP contribution in [0.5, 0.6) is 0 Å². The van der Waals surface area contributed by atoms with Gasteiger partial charge in [-0.2, -0.15) is 0 Å². The van der Waals surface area contributed by atoms with Gasteiger partial charge in [0.05, 0.1) is 10.7 Å². The lowest BCUT2D eigenvalue weighted by Crippen LogP contribution is -2.00. The second kappa shape index (κ2) is 3.51. The van der Waals surface area contributed by atoms with E-state index in [1.54, 1.807) is 12.1 Å². The molecule has 0 amide bonds. The first-order chi connectivity index (χ1) is 5.41. The Labute approximate surface area is 90.3 Å². The van der Waals surface area contributed by atoms with E-state index in [-0.39, 0.29) is 0 Å². The minimum atomic E-state index is -1.45. The maximum Gasteiger partial charge on any atom is 0.216 e. The number of nitrogens with two attached hydrogens (primary N) is 1. The molecule has 0 spiro atoms. The Balaban J connectivity index is 3.14. The summed E-state index contributed by atoms with van der Waals surface area (Å²) in [5.41, 5.74) is 6.42. The summed E-state index contributed by atoms with van der Waals surface area (Å²) in [4.78, 5) is 0. The molecule has 0 saturated heterocycles. The standard InChI is InChI=1S/C7H5Cl4N/c8-5-2-1-4(3-6(5)12)7(9,10)11/h1-3H,12H2. The highest BCUT2D eigenvalue weighted by molar-refractivity contribution is 6.66. The van der Waals surface area contributed by atoms with Crippen LogP contribution in [0.2, 0.25) is 5.02 Å². The fraction of sp³-hybridized carbons (Fsp3) is 0.143. The summed E-state index contributed by atoms with van der Waals surface area (Å²) in [5.74, 6) is 0. The molecule has 0 saturated carbocycles. The van der Waals surface area contributed by atoms with Crippen molar-refractivity contribution in [2.45, 2.75) is 3.79 Å². The Kier molecular flexibility index (Phi) is 3.00. The number of nitrogen functional groups attached to an aromatic ring is 1. The molecule has 0 atom stereocenters. The molecule has 2 N–H and O–H groups in total. The molecular formula is C7H5Cl4N. The fourth-order valence-electron chi connectivity index (χ4n) is 0.720. The van der Waals surface area contributed by atoms with Gasteiger partial charge < -0.3 is 5.73 Å². The summed E-state index contributed by atoms with van der Waals surface area (Å²) < 4.78 is -1.45. The van der Waals surface area contributed by atoms with Crippen LogP contribution in [0.15, 0.2) is 18.2 Å². The molecule has 0 radical (unpaired) electrons. The summed E-state index contributed by atoms with van der Waals surface area (Å²) in [7, 11) is 0. The summed E-state index contributed by atoms with van der Waals surface area (Å²) in [6, 6.07) is 4.75. The minimum Gasteiger partial charge on any atom is -0.398 e. The van der Waals surface area contributed by atoms with Gasteiger partial charge in [-0.15, -0.1) is 0 Å². The lowest BCUT2D eigenvalue weighted by molar-refractivity contribution is 1.24. The molecule has 66 valence electrons. The Bertz CT molecular complexity index is 292. The molecule has 1 nitrogen and oxygen atoms in total. The third-order valence-electron chi connectivity index (χ3n) is 1.32. The maximum atomic E-state index is 5.68. The average Bonchev–Trinajstić information content (AvgIpc) is 1.92. The van der Waals surface area contributed by atoms with E-state index in [1.807, 2.05) is 0 Å². The average molecular weight is 245 g/mol. The zero-order chi connectivity index (χ0) is 9.35. The number of halogens is 4. The third kappa shape index (κ3) is 2.33. The summed E-state index contributed by atoms with van der Waals surface area (Å²) in [5, 5.41) is 0.452. The molecule has 0 heterocycles. The van der Waals surface area contributed by atoms with Gasteiger partial charge in [0.2, 0.25) is 3.79 Å². The lowest BCUT2D eigenvalue weighted by atomic mass is 10.2.